The average Bonchev–Trinajstić information content (AvgIpc) is 2.77. The third-order valence-corrected chi connectivity index (χ3v) is 8.12. The highest BCUT2D eigenvalue weighted by molar-refractivity contribution is 7.92. The van der Waals surface area contributed by atoms with Crippen molar-refractivity contribution >= 4 is 31.6 Å². The van der Waals surface area contributed by atoms with Gasteiger partial charge in [0.15, 0.2) is 0 Å². The Labute approximate surface area is 189 Å². The van der Waals surface area contributed by atoms with Crippen LogP contribution in [0, 0.1) is 0 Å². The molecule has 0 atom stereocenters. The third kappa shape index (κ3) is 5.59. The summed E-state index contributed by atoms with van der Waals surface area (Å²) in [6.07, 6.45) is 1.04. The topological polar surface area (TPSA) is 104 Å². The lowest BCUT2D eigenvalue weighted by Gasteiger charge is -2.35. The van der Waals surface area contributed by atoms with Crippen molar-refractivity contribution in [3.63, 3.8) is 0 Å². The number of hydrogen-bond donors (Lipinski definition) is 0. The first-order valence-electron chi connectivity index (χ1n) is 10.2. The van der Waals surface area contributed by atoms with E-state index in [4.69, 9.17) is 4.74 Å². The van der Waals surface area contributed by atoms with E-state index in [-0.39, 0.29) is 37.6 Å². The van der Waals surface area contributed by atoms with Crippen molar-refractivity contribution in [2.24, 2.45) is 0 Å². The molecule has 0 aliphatic carbocycles. The lowest BCUT2D eigenvalue weighted by molar-refractivity contribution is -0.130. The van der Waals surface area contributed by atoms with E-state index in [1.165, 1.54) is 21.3 Å². The fraction of sp³-hybridized carbons (Fsp3) is 0.381. The second kappa shape index (κ2) is 9.88. The number of sulfonamides is 2. The molecule has 1 aliphatic rings. The summed E-state index contributed by atoms with van der Waals surface area (Å²) in [4.78, 5) is 14.6. The predicted octanol–water partition coefficient (Wildman–Crippen LogP) is 1.38. The van der Waals surface area contributed by atoms with E-state index < -0.39 is 26.0 Å². The first-order valence-corrected chi connectivity index (χ1v) is 13.5. The van der Waals surface area contributed by atoms with Crippen molar-refractivity contribution in [1.82, 2.24) is 9.21 Å². The molecule has 174 valence electrons. The molecule has 0 bridgehead atoms. The Morgan fingerprint density at radius 3 is 2.22 bits per heavy atom. The maximum Gasteiger partial charge on any atom is 0.243 e. The first-order chi connectivity index (χ1) is 15.1. The fourth-order valence-electron chi connectivity index (χ4n) is 3.44. The maximum atomic E-state index is 12.9. The molecule has 0 saturated carbocycles. The van der Waals surface area contributed by atoms with Gasteiger partial charge >= 0.3 is 0 Å². The summed E-state index contributed by atoms with van der Waals surface area (Å²) in [5, 5.41) is 0. The number of ether oxygens (including phenoxy) is 1. The second-order valence-electron chi connectivity index (χ2n) is 7.30. The van der Waals surface area contributed by atoms with Gasteiger partial charge in [-0.05, 0) is 31.2 Å². The van der Waals surface area contributed by atoms with Crippen LogP contribution in [-0.2, 0) is 24.8 Å². The Hall–Kier alpha value is -2.63. The summed E-state index contributed by atoms with van der Waals surface area (Å²) in [5.41, 5.74) is 0.331. The van der Waals surface area contributed by atoms with E-state index in [0.29, 0.717) is 18.0 Å². The molecule has 0 spiro atoms. The molecule has 1 aliphatic heterocycles. The number of hydrogen-bond acceptors (Lipinski definition) is 6. The van der Waals surface area contributed by atoms with Crippen LogP contribution in [0.4, 0.5) is 5.69 Å². The van der Waals surface area contributed by atoms with Gasteiger partial charge in [-0.2, -0.15) is 4.31 Å². The molecule has 3 rings (SSSR count). The van der Waals surface area contributed by atoms with Crippen molar-refractivity contribution in [1.29, 1.82) is 0 Å². The Balaban J connectivity index is 1.69. The van der Waals surface area contributed by atoms with E-state index >= 15 is 0 Å². The van der Waals surface area contributed by atoms with Crippen LogP contribution in [0.5, 0.6) is 5.75 Å². The van der Waals surface area contributed by atoms with E-state index in [1.54, 1.807) is 42.5 Å². The number of benzene rings is 2. The minimum atomic E-state index is -3.73. The van der Waals surface area contributed by atoms with Gasteiger partial charge in [-0.3, -0.25) is 9.10 Å². The van der Waals surface area contributed by atoms with Crippen molar-refractivity contribution in [2.75, 3.05) is 49.9 Å². The van der Waals surface area contributed by atoms with Gasteiger partial charge in [0.2, 0.25) is 26.0 Å². The predicted molar refractivity (Wildman–Crippen MR) is 122 cm³/mol. The van der Waals surface area contributed by atoms with Gasteiger partial charge in [0.25, 0.3) is 0 Å². The van der Waals surface area contributed by atoms with Gasteiger partial charge in [0, 0.05) is 32.2 Å². The fourth-order valence-corrected chi connectivity index (χ4v) is 5.72. The number of anilines is 1. The minimum Gasteiger partial charge on any atom is -0.494 e. The van der Waals surface area contributed by atoms with E-state index in [0.717, 1.165) is 10.6 Å². The number of nitrogens with zero attached hydrogens (tertiary/aromatic N) is 3. The second-order valence-corrected chi connectivity index (χ2v) is 11.1. The molecule has 11 heteroatoms. The monoisotopic (exact) mass is 481 g/mol. The van der Waals surface area contributed by atoms with Gasteiger partial charge in [-0.1, -0.05) is 24.3 Å². The van der Waals surface area contributed by atoms with E-state index in [1.807, 2.05) is 6.92 Å². The van der Waals surface area contributed by atoms with Crippen LogP contribution < -0.4 is 9.04 Å². The number of carbonyl (C=O) groups is 1. The molecule has 9 nitrogen and oxygen atoms in total. The molecule has 0 aromatic heterocycles. The average molecular weight is 482 g/mol. The van der Waals surface area contributed by atoms with Crippen LogP contribution in [0.2, 0.25) is 0 Å². The van der Waals surface area contributed by atoms with Crippen molar-refractivity contribution in [3.05, 3.63) is 54.6 Å². The van der Waals surface area contributed by atoms with Crippen molar-refractivity contribution < 1.29 is 26.4 Å². The molecule has 0 unspecified atom stereocenters. The number of carbonyl (C=O) groups excluding carboxylic acids is 1. The molecule has 1 heterocycles. The lowest BCUT2D eigenvalue weighted by atomic mass is 10.3. The van der Waals surface area contributed by atoms with Crippen LogP contribution in [0.3, 0.4) is 0 Å². The molecule has 2 aromatic rings. The molecule has 32 heavy (non-hydrogen) atoms. The third-order valence-electron chi connectivity index (χ3n) is 5.07. The molecule has 1 saturated heterocycles. The summed E-state index contributed by atoms with van der Waals surface area (Å²) in [6, 6.07) is 14.7. The maximum absolute atomic E-state index is 12.9. The first kappa shape index (κ1) is 24.0. The highest BCUT2D eigenvalue weighted by Crippen LogP contribution is 2.24. The molecule has 0 radical (unpaired) electrons. The van der Waals surface area contributed by atoms with Crippen LogP contribution >= 0.6 is 0 Å². The molecule has 1 fully saturated rings. The Kier molecular flexibility index (Phi) is 7.42. The van der Waals surface area contributed by atoms with E-state index in [9.17, 15) is 21.6 Å². The van der Waals surface area contributed by atoms with Gasteiger partial charge in [-0.25, -0.2) is 16.8 Å². The van der Waals surface area contributed by atoms with Gasteiger partial charge in [0.05, 0.1) is 23.4 Å². The SMILES string of the molecule is CCOc1cccc(N(CC(=O)N2CCN(S(=O)(=O)c3ccccc3)CC2)S(C)(=O)=O)c1. The smallest absolute Gasteiger partial charge is 0.243 e. The minimum absolute atomic E-state index is 0.141. The molecular formula is C21H27N3O6S2. The zero-order chi connectivity index (χ0) is 23.4. The molecule has 1 amide bonds. The summed E-state index contributed by atoms with van der Waals surface area (Å²) in [5.74, 6) is 0.111. The Morgan fingerprint density at radius 1 is 0.969 bits per heavy atom. The van der Waals surface area contributed by atoms with Crippen molar-refractivity contribution in [2.45, 2.75) is 11.8 Å². The zero-order valence-corrected chi connectivity index (χ0v) is 19.7. The summed E-state index contributed by atoms with van der Waals surface area (Å²) < 4.78 is 58.1. The number of rotatable bonds is 8. The normalized spacial score (nSPS) is 15.4. The molecule has 2 aromatic carbocycles. The van der Waals surface area contributed by atoms with Crippen LogP contribution in [0.15, 0.2) is 59.5 Å². The standard InChI is InChI=1S/C21H27N3O6S2/c1-3-30-19-9-7-8-18(16-19)24(31(2,26)27)17-21(25)22-12-14-23(15-13-22)32(28,29)20-10-5-4-6-11-20/h4-11,16H,3,12-15,17H2,1-2H3. The van der Waals surface area contributed by atoms with Gasteiger partial charge in [-0.15, -0.1) is 0 Å². The molecular weight excluding hydrogens is 454 g/mol. The summed E-state index contributed by atoms with van der Waals surface area (Å²) in [6.45, 7) is 2.52. The van der Waals surface area contributed by atoms with E-state index in [2.05, 4.69) is 0 Å². The number of piperazine rings is 1. The van der Waals surface area contributed by atoms with Crippen LogP contribution in [-0.4, -0.2) is 77.5 Å². The van der Waals surface area contributed by atoms with Crippen LogP contribution in [0.1, 0.15) is 6.92 Å². The van der Waals surface area contributed by atoms with Crippen molar-refractivity contribution in [3.8, 4) is 5.75 Å². The molecule has 0 N–H and O–H groups in total. The van der Waals surface area contributed by atoms with Gasteiger partial charge < -0.3 is 9.64 Å². The largest absolute Gasteiger partial charge is 0.494 e. The number of amides is 1. The lowest BCUT2D eigenvalue weighted by Crippen LogP contribution is -2.53. The highest BCUT2D eigenvalue weighted by atomic mass is 32.2. The Morgan fingerprint density at radius 2 is 1.62 bits per heavy atom. The van der Waals surface area contributed by atoms with Gasteiger partial charge in [0.1, 0.15) is 12.3 Å². The highest BCUT2D eigenvalue weighted by Gasteiger charge is 2.31. The quantitative estimate of drug-likeness (QED) is 0.564. The summed E-state index contributed by atoms with van der Waals surface area (Å²) in [7, 11) is -7.37. The van der Waals surface area contributed by atoms with Crippen LogP contribution in [0.25, 0.3) is 0 Å². The Bertz CT molecular complexity index is 1150. The zero-order valence-electron chi connectivity index (χ0n) is 18.0. The summed E-state index contributed by atoms with van der Waals surface area (Å²) >= 11 is 0.